The van der Waals surface area contributed by atoms with Crippen molar-refractivity contribution in [1.82, 2.24) is 14.5 Å². The van der Waals surface area contributed by atoms with E-state index in [-0.39, 0.29) is 5.56 Å². The zero-order valence-electron chi connectivity index (χ0n) is 19.3. The minimum absolute atomic E-state index is 0.216. The van der Waals surface area contributed by atoms with Gasteiger partial charge in [-0.15, -0.1) is 0 Å². The number of nitrogens with zero attached hydrogens (tertiary/aromatic N) is 4. The molecular weight excluding hydrogens is 424 g/mol. The fourth-order valence-corrected chi connectivity index (χ4v) is 3.75. The third kappa shape index (κ3) is 5.22. The van der Waals surface area contributed by atoms with Gasteiger partial charge in [0.15, 0.2) is 0 Å². The summed E-state index contributed by atoms with van der Waals surface area (Å²) in [5, 5.41) is 9.63. The Morgan fingerprint density at radius 3 is 2.59 bits per heavy atom. The third-order valence-corrected chi connectivity index (χ3v) is 5.43. The zero-order chi connectivity index (χ0) is 23.9. The van der Waals surface area contributed by atoms with Crippen molar-refractivity contribution in [2.75, 3.05) is 27.2 Å². The Morgan fingerprint density at radius 1 is 1.00 bits per heavy atom. The van der Waals surface area contributed by atoms with E-state index in [2.05, 4.69) is 16.0 Å². The molecule has 0 unspecified atom stereocenters. The molecule has 0 bridgehead atoms. The second-order valence-electron chi connectivity index (χ2n) is 8.19. The van der Waals surface area contributed by atoms with Gasteiger partial charge < -0.3 is 9.64 Å². The summed E-state index contributed by atoms with van der Waals surface area (Å²) in [5.74, 6) is 0.699. The van der Waals surface area contributed by atoms with Gasteiger partial charge in [-0.05, 0) is 56.9 Å². The lowest BCUT2D eigenvalue weighted by Crippen LogP contribution is -2.20. The van der Waals surface area contributed by atoms with E-state index >= 15 is 0 Å². The second-order valence-corrected chi connectivity index (χ2v) is 8.19. The Labute approximate surface area is 199 Å². The number of hydrogen-bond donors (Lipinski definition) is 0. The maximum absolute atomic E-state index is 13.7. The van der Waals surface area contributed by atoms with E-state index in [1.807, 2.05) is 62.6 Å². The quantitative estimate of drug-likeness (QED) is 0.362. The molecule has 0 saturated heterocycles. The van der Waals surface area contributed by atoms with Crippen LogP contribution in [0.3, 0.4) is 0 Å². The van der Waals surface area contributed by atoms with Crippen molar-refractivity contribution >= 4 is 0 Å². The summed E-state index contributed by atoms with van der Waals surface area (Å²) in [6.07, 6.45) is 4.41. The van der Waals surface area contributed by atoms with Crippen LogP contribution in [0.25, 0.3) is 28.1 Å². The first-order valence-corrected chi connectivity index (χ1v) is 11.1. The van der Waals surface area contributed by atoms with Crippen LogP contribution >= 0.6 is 0 Å². The molecule has 170 valence electrons. The molecule has 2 aromatic heterocycles. The maximum atomic E-state index is 13.7. The Balaban J connectivity index is 1.81. The molecule has 0 spiro atoms. The molecule has 0 fully saturated rings. The molecule has 0 atom stereocenters. The first kappa shape index (κ1) is 23.0. The molecule has 6 heteroatoms. The smallest absolute Gasteiger partial charge is 0.263 e. The summed E-state index contributed by atoms with van der Waals surface area (Å²) in [6.45, 7) is 1.53. The molecule has 0 saturated carbocycles. The van der Waals surface area contributed by atoms with Crippen LogP contribution in [0.2, 0.25) is 0 Å². The highest BCUT2D eigenvalue weighted by Crippen LogP contribution is 2.26. The lowest BCUT2D eigenvalue weighted by atomic mass is 9.99. The van der Waals surface area contributed by atoms with Crippen molar-refractivity contribution in [3.05, 3.63) is 101 Å². The van der Waals surface area contributed by atoms with Crippen LogP contribution in [0.1, 0.15) is 12.0 Å². The van der Waals surface area contributed by atoms with Gasteiger partial charge in [-0.25, -0.2) is 0 Å². The molecule has 6 nitrogen and oxygen atoms in total. The highest BCUT2D eigenvalue weighted by atomic mass is 16.5. The van der Waals surface area contributed by atoms with Gasteiger partial charge >= 0.3 is 0 Å². The van der Waals surface area contributed by atoms with Gasteiger partial charge in [-0.3, -0.25) is 14.3 Å². The largest absolute Gasteiger partial charge is 0.493 e. The Morgan fingerprint density at radius 2 is 1.82 bits per heavy atom. The summed E-state index contributed by atoms with van der Waals surface area (Å²) in [6, 6.07) is 24.3. The topological polar surface area (TPSA) is 71.2 Å². The van der Waals surface area contributed by atoms with E-state index in [0.29, 0.717) is 34.7 Å². The minimum Gasteiger partial charge on any atom is -0.493 e. The molecule has 2 aromatic carbocycles. The molecule has 2 heterocycles. The van der Waals surface area contributed by atoms with Crippen molar-refractivity contribution < 1.29 is 4.74 Å². The highest BCUT2D eigenvalue weighted by Gasteiger charge is 2.15. The Hall–Kier alpha value is -4.21. The van der Waals surface area contributed by atoms with Crippen LogP contribution in [-0.4, -0.2) is 41.7 Å². The monoisotopic (exact) mass is 450 g/mol. The van der Waals surface area contributed by atoms with Crippen LogP contribution in [0.5, 0.6) is 5.75 Å². The zero-order valence-corrected chi connectivity index (χ0v) is 19.3. The second kappa shape index (κ2) is 10.6. The normalized spacial score (nSPS) is 10.8. The number of ether oxygens (including phenoxy) is 1. The van der Waals surface area contributed by atoms with Crippen molar-refractivity contribution in [2.45, 2.75) is 6.42 Å². The van der Waals surface area contributed by atoms with Gasteiger partial charge in [0.05, 0.1) is 29.6 Å². The summed E-state index contributed by atoms with van der Waals surface area (Å²) in [7, 11) is 4.06. The van der Waals surface area contributed by atoms with E-state index in [1.54, 1.807) is 41.2 Å². The average molecular weight is 451 g/mol. The number of benzene rings is 2. The van der Waals surface area contributed by atoms with Crippen molar-refractivity contribution in [1.29, 1.82) is 5.26 Å². The van der Waals surface area contributed by atoms with Crippen molar-refractivity contribution in [2.24, 2.45) is 0 Å². The predicted octanol–water partition coefficient (Wildman–Crippen LogP) is 4.77. The minimum atomic E-state index is -0.216. The van der Waals surface area contributed by atoms with Gasteiger partial charge in [-0.1, -0.05) is 30.3 Å². The van der Waals surface area contributed by atoms with Gasteiger partial charge in [0, 0.05) is 41.7 Å². The number of rotatable bonds is 8. The van der Waals surface area contributed by atoms with E-state index in [4.69, 9.17) is 4.74 Å². The first-order chi connectivity index (χ1) is 16.6. The van der Waals surface area contributed by atoms with Gasteiger partial charge in [-0.2, -0.15) is 5.26 Å². The highest BCUT2D eigenvalue weighted by molar-refractivity contribution is 5.74. The summed E-state index contributed by atoms with van der Waals surface area (Å²) < 4.78 is 7.52. The number of pyridine rings is 2. The fraction of sp³-hybridized carbons (Fsp3) is 0.179. The molecule has 4 aromatic rings. The van der Waals surface area contributed by atoms with Crippen LogP contribution in [-0.2, 0) is 0 Å². The molecule has 0 aliphatic carbocycles. The predicted molar refractivity (Wildman–Crippen MR) is 134 cm³/mol. The molecule has 0 radical (unpaired) electrons. The maximum Gasteiger partial charge on any atom is 0.263 e. The number of hydrogen-bond acceptors (Lipinski definition) is 5. The SMILES string of the molecule is CN(C)CCCOc1cccc(-n2cc(-c3ccccn3)cc(-c3ccccc3C#N)c2=O)c1. The summed E-state index contributed by atoms with van der Waals surface area (Å²) in [5.41, 5.74) is 3.47. The number of nitriles is 1. The number of aromatic nitrogens is 2. The third-order valence-electron chi connectivity index (χ3n) is 5.43. The van der Waals surface area contributed by atoms with Crippen LogP contribution in [0, 0.1) is 11.3 Å². The van der Waals surface area contributed by atoms with Crippen LogP contribution < -0.4 is 10.3 Å². The van der Waals surface area contributed by atoms with E-state index < -0.39 is 0 Å². The van der Waals surface area contributed by atoms with Crippen LogP contribution in [0.4, 0.5) is 0 Å². The Kier molecular flexibility index (Phi) is 7.16. The van der Waals surface area contributed by atoms with Gasteiger partial charge in [0.2, 0.25) is 0 Å². The molecule has 4 rings (SSSR count). The molecule has 0 aliphatic rings. The molecular formula is C28H26N4O2. The molecule has 0 aliphatic heterocycles. The average Bonchev–Trinajstić information content (AvgIpc) is 2.87. The van der Waals surface area contributed by atoms with Crippen LogP contribution in [0.15, 0.2) is 90.0 Å². The van der Waals surface area contributed by atoms with Crippen molar-refractivity contribution in [3.63, 3.8) is 0 Å². The van der Waals surface area contributed by atoms with Gasteiger partial charge in [0.1, 0.15) is 5.75 Å². The lowest BCUT2D eigenvalue weighted by molar-refractivity contribution is 0.281. The van der Waals surface area contributed by atoms with Crippen molar-refractivity contribution in [3.8, 4) is 39.9 Å². The molecule has 0 amide bonds. The van der Waals surface area contributed by atoms with E-state index in [0.717, 1.165) is 24.2 Å². The summed E-state index contributed by atoms with van der Waals surface area (Å²) in [4.78, 5) is 20.2. The standard InChI is InChI=1S/C28H26N4O2/c1-31(2)15-8-16-34-24-11-7-10-23(18-24)32-20-22(27-13-5-6-14-30-27)17-26(28(32)33)25-12-4-3-9-21(25)19-29/h3-7,9-14,17-18,20H,8,15-16H2,1-2H3. The van der Waals surface area contributed by atoms with Gasteiger partial charge in [0.25, 0.3) is 5.56 Å². The van der Waals surface area contributed by atoms with E-state index in [9.17, 15) is 10.1 Å². The lowest BCUT2D eigenvalue weighted by Gasteiger charge is -2.14. The molecule has 34 heavy (non-hydrogen) atoms. The summed E-state index contributed by atoms with van der Waals surface area (Å²) >= 11 is 0. The molecule has 0 N–H and O–H groups in total. The Bertz CT molecular complexity index is 1370. The van der Waals surface area contributed by atoms with E-state index in [1.165, 1.54) is 0 Å². The first-order valence-electron chi connectivity index (χ1n) is 11.1. The fourth-order valence-electron chi connectivity index (χ4n) is 3.75.